The zero-order chi connectivity index (χ0) is 21.2. The minimum atomic E-state index is -0.678. The van der Waals surface area contributed by atoms with Crippen LogP contribution in [0.1, 0.15) is 25.3 Å². The van der Waals surface area contributed by atoms with Gasteiger partial charge < -0.3 is 10.8 Å². The maximum atomic E-state index is 10.2. The van der Waals surface area contributed by atoms with Gasteiger partial charge in [0.2, 0.25) is 0 Å². The Morgan fingerprint density at radius 2 is 1.94 bits per heavy atom. The van der Waals surface area contributed by atoms with E-state index in [1.165, 1.54) is 0 Å². The third-order valence-corrected chi connectivity index (χ3v) is 7.01. The SMILES string of the molecule is C[C@]1(O)C[C@](N)(c2ccc(-c3nc4c(cnc5ccnn54)cc3-c3cccs3)cc2)C1. The molecule has 0 spiro atoms. The van der Waals surface area contributed by atoms with Crippen LogP contribution in [0.25, 0.3) is 38.4 Å². The van der Waals surface area contributed by atoms with Gasteiger partial charge in [-0.15, -0.1) is 11.3 Å². The van der Waals surface area contributed by atoms with Crippen molar-refractivity contribution in [3.8, 4) is 21.7 Å². The normalized spacial score (nSPS) is 23.3. The van der Waals surface area contributed by atoms with Crippen LogP contribution in [0, 0.1) is 0 Å². The Kier molecular flexibility index (Phi) is 3.87. The molecule has 0 atom stereocenters. The smallest absolute Gasteiger partial charge is 0.165 e. The maximum absolute atomic E-state index is 10.2. The highest BCUT2D eigenvalue weighted by atomic mass is 32.1. The molecule has 1 saturated carbocycles. The molecule has 0 unspecified atom stereocenters. The minimum Gasteiger partial charge on any atom is -0.390 e. The molecule has 4 aromatic heterocycles. The van der Waals surface area contributed by atoms with E-state index in [1.807, 2.05) is 25.3 Å². The van der Waals surface area contributed by atoms with Crippen molar-refractivity contribution in [1.29, 1.82) is 0 Å². The number of pyridine rings is 1. The number of aromatic nitrogens is 4. The van der Waals surface area contributed by atoms with Crippen LogP contribution in [-0.2, 0) is 5.54 Å². The van der Waals surface area contributed by atoms with Gasteiger partial charge in [-0.25, -0.2) is 9.97 Å². The second kappa shape index (κ2) is 6.43. The van der Waals surface area contributed by atoms with Gasteiger partial charge in [-0.3, -0.25) is 0 Å². The van der Waals surface area contributed by atoms with Crippen molar-refractivity contribution in [2.45, 2.75) is 30.9 Å². The van der Waals surface area contributed by atoms with E-state index >= 15 is 0 Å². The molecule has 0 radical (unpaired) electrons. The van der Waals surface area contributed by atoms with Crippen molar-refractivity contribution in [3.05, 3.63) is 71.9 Å². The summed E-state index contributed by atoms with van der Waals surface area (Å²) < 4.78 is 1.77. The highest BCUT2D eigenvalue weighted by Gasteiger charge is 2.49. The number of aliphatic hydroxyl groups is 1. The fourth-order valence-electron chi connectivity index (χ4n) is 4.79. The van der Waals surface area contributed by atoms with E-state index in [-0.39, 0.29) is 0 Å². The van der Waals surface area contributed by atoms with Crippen molar-refractivity contribution in [3.63, 3.8) is 0 Å². The first kappa shape index (κ1) is 18.6. The number of nitrogens with two attached hydrogens (primary N) is 1. The maximum Gasteiger partial charge on any atom is 0.165 e. The molecule has 5 aromatic rings. The molecule has 0 saturated heterocycles. The van der Waals surface area contributed by atoms with E-state index in [2.05, 4.69) is 51.9 Å². The largest absolute Gasteiger partial charge is 0.390 e. The van der Waals surface area contributed by atoms with Crippen molar-refractivity contribution in [1.82, 2.24) is 19.6 Å². The summed E-state index contributed by atoms with van der Waals surface area (Å²) in [6.07, 6.45) is 4.72. The summed E-state index contributed by atoms with van der Waals surface area (Å²) in [5, 5.41) is 17.6. The van der Waals surface area contributed by atoms with Crippen LogP contribution in [-0.4, -0.2) is 30.3 Å². The molecule has 4 heterocycles. The Hall–Kier alpha value is -3.13. The van der Waals surface area contributed by atoms with Gasteiger partial charge in [-0.1, -0.05) is 30.3 Å². The Morgan fingerprint density at radius 3 is 2.65 bits per heavy atom. The summed E-state index contributed by atoms with van der Waals surface area (Å²) in [5.41, 5.74) is 11.0. The molecule has 6 nitrogen and oxygen atoms in total. The fraction of sp³-hybridized carbons (Fsp3) is 0.208. The third-order valence-electron chi connectivity index (χ3n) is 6.10. The average molecular weight is 428 g/mol. The van der Waals surface area contributed by atoms with E-state index in [4.69, 9.17) is 10.7 Å². The molecule has 31 heavy (non-hydrogen) atoms. The van der Waals surface area contributed by atoms with Crippen LogP contribution >= 0.6 is 11.3 Å². The Bertz CT molecular complexity index is 1410. The van der Waals surface area contributed by atoms with Gasteiger partial charge in [-0.05, 0) is 42.8 Å². The molecule has 6 rings (SSSR count). The number of hydrogen-bond donors (Lipinski definition) is 2. The van der Waals surface area contributed by atoms with Gasteiger partial charge in [0.25, 0.3) is 0 Å². The summed E-state index contributed by atoms with van der Waals surface area (Å²) in [5.74, 6) is 0. The van der Waals surface area contributed by atoms with Crippen LogP contribution in [0.2, 0.25) is 0 Å². The van der Waals surface area contributed by atoms with Gasteiger partial charge >= 0.3 is 0 Å². The molecule has 154 valence electrons. The van der Waals surface area contributed by atoms with Gasteiger partial charge in [0, 0.05) is 39.2 Å². The fourth-order valence-corrected chi connectivity index (χ4v) is 5.53. The molecular weight excluding hydrogens is 406 g/mol. The number of fused-ring (bicyclic) bond motifs is 3. The van der Waals surface area contributed by atoms with E-state index < -0.39 is 11.1 Å². The zero-order valence-electron chi connectivity index (χ0n) is 17.0. The number of rotatable bonds is 3. The molecule has 7 heteroatoms. The van der Waals surface area contributed by atoms with E-state index in [0.29, 0.717) is 12.8 Å². The topological polar surface area (TPSA) is 89.3 Å². The lowest BCUT2D eigenvalue weighted by molar-refractivity contribution is -0.0738. The average Bonchev–Trinajstić information content (AvgIpc) is 3.43. The van der Waals surface area contributed by atoms with Crippen LogP contribution in [0.3, 0.4) is 0 Å². The summed E-state index contributed by atoms with van der Waals surface area (Å²) in [4.78, 5) is 10.7. The second-order valence-corrected chi connectivity index (χ2v) is 9.67. The molecule has 0 aliphatic heterocycles. The van der Waals surface area contributed by atoms with Crippen LogP contribution in [0.5, 0.6) is 0 Å². The van der Waals surface area contributed by atoms with Crippen LogP contribution in [0.15, 0.2) is 66.3 Å². The summed E-state index contributed by atoms with van der Waals surface area (Å²) >= 11 is 1.69. The Balaban J connectivity index is 1.51. The Labute approximate surface area is 183 Å². The number of hydrogen-bond acceptors (Lipinski definition) is 6. The summed E-state index contributed by atoms with van der Waals surface area (Å²) in [7, 11) is 0. The van der Waals surface area contributed by atoms with Gasteiger partial charge in [0.15, 0.2) is 11.3 Å². The summed E-state index contributed by atoms with van der Waals surface area (Å²) in [6, 6.07) is 16.4. The standard InChI is InChI=1S/C24H21N5OS/c1-23(30)13-24(25,14-23)17-6-4-15(5-7-17)21-18(19-3-2-10-31-19)11-16-12-26-20-8-9-27-29(20)22(16)28-21/h2-12,30H,13-14,25H2,1H3/t23-,24+. The lowest BCUT2D eigenvalue weighted by Crippen LogP contribution is -2.58. The highest BCUT2D eigenvalue weighted by Crippen LogP contribution is 2.46. The van der Waals surface area contributed by atoms with E-state index in [0.717, 1.165) is 43.9 Å². The Morgan fingerprint density at radius 1 is 1.13 bits per heavy atom. The van der Waals surface area contributed by atoms with Crippen molar-refractivity contribution < 1.29 is 5.11 Å². The summed E-state index contributed by atoms with van der Waals surface area (Å²) in [6.45, 7) is 1.84. The highest BCUT2D eigenvalue weighted by molar-refractivity contribution is 7.13. The van der Waals surface area contributed by atoms with Crippen molar-refractivity contribution in [2.75, 3.05) is 0 Å². The second-order valence-electron chi connectivity index (χ2n) is 8.72. The lowest BCUT2D eigenvalue weighted by atomic mass is 9.63. The van der Waals surface area contributed by atoms with E-state index in [1.54, 1.807) is 22.0 Å². The quantitative estimate of drug-likeness (QED) is 0.446. The predicted octanol–water partition coefficient (Wildman–Crippen LogP) is 4.37. The number of nitrogens with zero attached hydrogens (tertiary/aromatic N) is 4. The molecule has 1 aromatic carbocycles. The van der Waals surface area contributed by atoms with Gasteiger partial charge in [-0.2, -0.15) is 9.61 Å². The molecule has 0 bridgehead atoms. The first-order valence-corrected chi connectivity index (χ1v) is 11.1. The number of thiophene rings is 1. The van der Waals surface area contributed by atoms with Gasteiger partial charge in [0.05, 0.1) is 17.5 Å². The monoisotopic (exact) mass is 427 g/mol. The molecular formula is C24H21N5OS. The number of benzene rings is 1. The lowest BCUT2D eigenvalue weighted by Gasteiger charge is -2.49. The molecule has 1 aliphatic carbocycles. The van der Waals surface area contributed by atoms with Gasteiger partial charge in [0.1, 0.15) is 0 Å². The minimum absolute atomic E-state index is 0.470. The van der Waals surface area contributed by atoms with Crippen LogP contribution in [0.4, 0.5) is 0 Å². The molecule has 1 aliphatic rings. The molecule has 3 N–H and O–H groups in total. The molecule has 0 amide bonds. The first-order chi connectivity index (χ1) is 14.9. The predicted molar refractivity (Wildman–Crippen MR) is 123 cm³/mol. The van der Waals surface area contributed by atoms with Crippen LogP contribution < -0.4 is 5.73 Å². The van der Waals surface area contributed by atoms with E-state index in [9.17, 15) is 5.11 Å². The molecule has 1 fully saturated rings. The first-order valence-electron chi connectivity index (χ1n) is 10.2. The van der Waals surface area contributed by atoms with Crippen molar-refractivity contribution >= 4 is 28.0 Å². The third kappa shape index (κ3) is 2.96. The zero-order valence-corrected chi connectivity index (χ0v) is 17.8. The van der Waals surface area contributed by atoms with Crippen molar-refractivity contribution in [2.24, 2.45) is 5.73 Å².